The fraction of sp³-hybridized carbons (Fsp3) is 0.455. The van der Waals surface area contributed by atoms with Crippen LogP contribution in [0.25, 0.3) is 0 Å². The first-order valence-electron chi connectivity index (χ1n) is 5.44. The average Bonchev–Trinajstić information content (AvgIpc) is 2.84. The van der Waals surface area contributed by atoms with Crippen molar-refractivity contribution in [1.82, 2.24) is 9.88 Å². The van der Waals surface area contributed by atoms with Gasteiger partial charge >= 0.3 is 0 Å². The molecule has 0 aromatic carbocycles. The van der Waals surface area contributed by atoms with E-state index in [2.05, 4.69) is 15.0 Å². The number of oxime groups is 1. The zero-order chi connectivity index (χ0) is 11.4. The van der Waals surface area contributed by atoms with E-state index in [4.69, 9.17) is 10.9 Å². The lowest BCUT2D eigenvalue weighted by atomic mass is 10.1. The number of amidine groups is 1. The summed E-state index contributed by atoms with van der Waals surface area (Å²) in [5.41, 5.74) is 6.79. The van der Waals surface area contributed by atoms with Crippen LogP contribution in [0.3, 0.4) is 0 Å². The van der Waals surface area contributed by atoms with Crippen molar-refractivity contribution in [3.05, 3.63) is 30.1 Å². The van der Waals surface area contributed by atoms with Crippen LogP contribution < -0.4 is 5.73 Å². The summed E-state index contributed by atoms with van der Waals surface area (Å²) in [5, 5.41) is 12.0. The lowest BCUT2D eigenvalue weighted by molar-refractivity contribution is 0.278. The Balaban J connectivity index is 2.27. The highest BCUT2D eigenvalue weighted by molar-refractivity contribution is 5.86. The number of pyridine rings is 1. The summed E-state index contributed by atoms with van der Waals surface area (Å²) < 4.78 is 0. The van der Waals surface area contributed by atoms with Crippen LogP contribution in [-0.2, 0) is 0 Å². The quantitative estimate of drug-likeness (QED) is 0.344. The van der Waals surface area contributed by atoms with Gasteiger partial charge in [-0.3, -0.25) is 9.88 Å². The fourth-order valence-electron chi connectivity index (χ4n) is 2.17. The Morgan fingerprint density at radius 2 is 2.00 bits per heavy atom. The molecule has 5 nitrogen and oxygen atoms in total. The van der Waals surface area contributed by atoms with Gasteiger partial charge in [0.2, 0.25) is 0 Å². The molecular formula is C11H16N4O. The van der Waals surface area contributed by atoms with Gasteiger partial charge in [0.25, 0.3) is 0 Å². The molecule has 0 unspecified atom stereocenters. The summed E-state index contributed by atoms with van der Waals surface area (Å²) >= 11 is 0. The Morgan fingerprint density at radius 1 is 1.38 bits per heavy atom. The summed E-state index contributed by atoms with van der Waals surface area (Å²) in [7, 11) is 0. The van der Waals surface area contributed by atoms with Crippen LogP contribution in [-0.4, -0.2) is 34.0 Å². The molecule has 0 saturated carbocycles. The molecular weight excluding hydrogens is 204 g/mol. The molecule has 1 aliphatic rings. The van der Waals surface area contributed by atoms with E-state index in [1.165, 1.54) is 12.8 Å². The smallest absolute Gasteiger partial charge is 0.161 e. The Hall–Kier alpha value is -1.62. The molecule has 1 aromatic heterocycles. The van der Waals surface area contributed by atoms with Crippen molar-refractivity contribution in [3.63, 3.8) is 0 Å². The molecule has 1 aromatic rings. The minimum atomic E-state index is -0.129. The van der Waals surface area contributed by atoms with Crippen LogP contribution in [0.2, 0.25) is 0 Å². The molecule has 0 radical (unpaired) electrons. The third-order valence-corrected chi connectivity index (χ3v) is 2.92. The third-order valence-electron chi connectivity index (χ3n) is 2.92. The van der Waals surface area contributed by atoms with E-state index in [0.717, 1.165) is 18.7 Å². The van der Waals surface area contributed by atoms with Gasteiger partial charge in [0.15, 0.2) is 5.84 Å². The molecule has 1 fully saturated rings. The minimum Gasteiger partial charge on any atom is -0.409 e. The molecule has 1 aliphatic heterocycles. The second-order valence-electron chi connectivity index (χ2n) is 3.95. The van der Waals surface area contributed by atoms with E-state index in [1.807, 2.05) is 12.1 Å². The van der Waals surface area contributed by atoms with E-state index < -0.39 is 0 Å². The second kappa shape index (κ2) is 4.94. The van der Waals surface area contributed by atoms with Crippen LogP contribution in [0, 0.1) is 0 Å². The number of aromatic nitrogens is 1. The molecule has 3 N–H and O–H groups in total. The van der Waals surface area contributed by atoms with Crippen LogP contribution in [0.1, 0.15) is 24.4 Å². The van der Waals surface area contributed by atoms with Gasteiger partial charge in [-0.05, 0) is 43.6 Å². The van der Waals surface area contributed by atoms with Crippen molar-refractivity contribution in [2.75, 3.05) is 13.1 Å². The molecule has 0 amide bonds. The highest BCUT2D eigenvalue weighted by atomic mass is 16.4. The fourth-order valence-corrected chi connectivity index (χ4v) is 2.17. The van der Waals surface area contributed by atoms with Gasteiger partial charge in [0.1, 0.15) is 0 Å². The summed E-state index contributed by atoms with van der Waals surface area (Å²) in [4.78, 5) is 6.20. The van der Waals surface area contributed by atoms with E-state index in [-0.39, 0.29) is 11.9 Å². The highest BCUT2D eigenvalue weighted by Gasteiger charge is 2.26. The zero-order valence-corrected chi connectivity index (χ0v) is 9.08. The van der Waals surface area contributed by atoms with Gasteiger partial charge in [-0.15, -0.1) is 0 Å². The standard InChI is InChI=1S/C11H16N4O/c12-11(14-16)10(15-7-1-2-8-15)9-3-5-13-6-4-9/h3-6,10,16H,1-2,7-8H2,(H2,12,14)/t10-/m1/s1. The topological polar surface area (TPSA) is 74.7 Å². The number of nitrogens with zero attached hydrogens (tertiary/aromatic N) is 3. The van der Waals surface area contributed by atoms with Crippen molar-refractivity contribution < 1.29 is 5.21 Å². The van der Waals surface area contributed by atoms with Crippen molar-refractivity contribution in [2.24, 2.45) is 10.9 Å². The maximum absolute atomic E-state index is 8.85. The maximum atomic E-state index is 8.85. The maximum Gasteiger partial charge on any atom is 0.161 e. The van der Waals surface area contributed by atoms with Gasteiger partial charge in [-0.2, -0.15) is 0 Å². The lowest BCUT2D eigenvalue weighted by Gasteiger charge is -2.26. The largest absolute Gasteiger partial charge is 0.409 e. The van der Waals surface area contributed by atoms with Crippen molar-refractivity contribution in [3.8, 4) is 0 Å². The Labute approximate surface area is 94.6 Å². The zero-order valence-electron chi connectivity index (χ0n) is 9.08. The van der Waals surface area contributed by atoms with Gasteiger partial charge in [-0.25, -0.2) is 0 Å². The van der Waals surface area contributed by atoms with Gasteiger partial charge in [0.05, 0.1) is 6.04 Å². The Kier molecular flexibility index (Phi) is 3.36. The molecule has 2 heterocycles. The average molecular weight is 220 g/mol. The second-order valence-corrected chi connectivity index (χ2v) is 3.95. The molecule has 1 saturated heterocycles. The molecule has 2 rings (SSSR count). The first kappa shape index (κ1) is 10.9. The monoisotopic (exact) mass is 220 g/mol. The van der Waals surface area contributed by atoms with Gasteiger partial charge < -0.3 is 10.9 Å². The van der Waals surface area contributed by atoms with Crippen LogP contribution in [0.4, 0.5) is 0 Å². The third kappa shape index (κ3) is 2.14. The Bertz CT molecular complexity index is 360. The SMILES string of the molecule is NC(=NO)[C@@H](c1ccncc1)N1CCCC1. The van der Waals surface area contributed by atoms with E-state index in [1.54, 1.807) is 12.4 Å². The minimum absolute atomic E-state index is 0.129. The molecule has 0 spiro atoms. The van der Waals surface area contributed by atoms with E-state index in [9.17, 15) is 0 Å². The Morgan fingerprint density at radius 3 is 2.56 bits per heavy atom. The number of hydrogen-bond acceptors (Lipinski definition) is 4. The van der Waals surface area contributed by atoms with Crippen molar-refractivity contribution in [1.29, 1.82) is 0 Å². The van der Waals surface area contributed by atoms with Crippen LogP contribution in [0.15, 0.2) is 29.7 Å². The molecule has 86 valence electrons. The van der Waals surface area contributed by atoms with Gasteiger partial charge in [0, 0.05) is 12.4 Å². The first-order valence-corrected chi connectivity index (χ1v) is 5.44. The summed E-state index contributed by atoms with van der Waals surface area (Å²) in [6.07, 6.45) is 5.78. The molecule has 0 bridgehead atoms. The molecule has 5 heteroatoms. The normalized spacial score (nSPS) is 19.9. The lowest BCUT2D eigenvalue weighted by Crippen LogP contribution is -2.36. The van der Waals surface area contributed by atoms with Crippen molar-refractivity contribution >= 4 is 5.84 Å². The van der Waals surface area contributed by atoms with Crippen molar-refractivity contribution in [2.45, 2.75) is 18.9 Å². The molecule has 0 aliphatic carbocycles. The number of hydrogen-bond donors (Lipinski definition) is 2. The molecule has 16 heavy (non-hydrogen) atoms. The van der Waals surface area contributed by atoms with E-state index >= 15 is 0 Å². The van der Waals surface area contributed by atoms with E-state index in [0.29, 0.717) is 0 Å². The summed E-state index contributed by atoms with van der Waals surface area (Å²) in [6, 6.07) is 3.68. The first-order chi connectivity index (χ1) is 7.83. The summed E-state index contributed by atoms with van der Waals surface area (Å²) in [5.74, 6) is 0.244. The predicted octanol–water partition coefficient (Wildman–Crippen LogP) is 0.965. The van der Waals surface area contributed by atoms with Crippen LogP contribution >= 0.6 is 0 Å². The predicted molar refractivity (Wildman–Crippen MR) is 61.2 cm³/mol. The summed E-state index contributed by atoms with van der Waals surface area (Å²) in [6.45, 7) is 1.98. The molecule has 1 atom stereocenters. The van der Waals surface area contributed by atoms with Crippen LogP contribution in [0.5, 0.6) is 0 Å². The number of likely N-dealkylation sites (tertiary alicyclic amines) is 1. The van der Waals surface area contributed by atoms with Gasteiger partial charge in [-0.1, -0.05) is 5.16 Å². The number of nitrogens with two attached hydrogens (primary N) is 1. The highest BCUT2D eigenvalue weighted by Crippen LogP contribution is 2.24. The number of rotatable bonds is 3.